The van der Waals surface area contributed by atoms with Gasteiger partial charge in [0.25, 0.3) is 5.91 Å². The van der Waals surface area contributed by atoms with E-state index in [2.05, 4.69) is 42.4 Å². The monoisotopic (exact) mass is 573 g/mol. The van der Waals surface area contributed by atoms with Crippen molar-refractivity contribution in [1.29, 1.82) is 0 Å². The Morgan fingerprint density at radius 3 is 2.08 bits per heavy atom. The van der Waals surface area contributed by atoms with Crippen LogP contribution in [0.4, 0.5) is 5.69 Å². The highest BCUT2D eigenvalue weighted by Gasteiger charge is 2.24. The van der Waals surface area contributed by atoms with Crippen LogP contribution in [0.25, 0.3) is 11.1 Å². The number of carbonyl (C=O) groups is 2. The van der Waals surface area contributed by atoms with Crippen molar-refractivity contribution in [2.75, 3.05) is 18.4 Å². The van der Waals surface area contributed by atoms with Crippen LogP contribution in [0.3, 0.4) is 0 Å². The lowest BCUT2D eigenvalue weighted by atomic mass is 9.91. The molecule has 3 N–H and O–H groups in total. The fourth-order valence-electron chi connectivity index (χ4n) is 5.40. The van der Waals surface area contributed by atoms with Crippen LogP contribution in [0.2, 0.25) is 0 Å². The Hall–Kier alpha value is -3.38. The fourth-order valence-corrected chi connectivity index (χ4v) is 7.14. The lowest BCUT2D eigenvalue weighted by Gasteiger charge is -2.16. The number of rotatable bonds is 8. The Labute approximate surface area is 240 Å². The van der Waals surface area contributed by atoms with E-state index in [-0.39, 0.29) is 30.2 Å². The molecule has 0 aliphatic carbocycles. The van der Waals surface area contributed by atoms with E-state index in [9.17, 15) is 9.59 Å². The normalized spacial score (nSPS) is 18.8. The Bertz CT molecular complexity index is 1440. The number of hydrogen-bond donors (Lipinski definition) is 3. The molecule has 4 heterocycles. The highest BCUT2D eigenvalue weighted by atomic mass is 32.1. The van der Waals surface area contributed by atoms with Gasteiger partial charge >= 0.3 is 0 Å². The average molecular weight is 574 g/mol. The summed E-state index contributed by atoms with van der Waals surface area (Å²) >= 11 is 2.73. The number of nitrogens with one attached hydrogen (secondary N) is 3. The van der Waals surface area contributed by atoms with Gasteiger partial charge in [-0.2, -0.15) is 0 Å². The van der Waals surface area contributed by atoms with Gasteiger partial charge in [0.15, 0.2) is 10.8 Å². The molecular weight excluding hydrogens is 543 g/mol. The lowest BCUT2D eigenvalue weighted by Crippen LogP contribution is -2.13. The number of anilines is 1. The SMILES string of the molecule is Cc1c(CC(=O)c2nnc([C@@H]3CCCN3)s2)cccc1-c1cccc(NC(=O)c2nnc([C@@H]3CCCN3)s2)c1C. The number of aromatic nitrogens is 4. The molecular formula is C29H31N7O2S2. The van der Waals surface area contributed by atoms with Crippen LogP contribution in [-0.4, -0.2) is 45.2 Å². The van der Waals surface area contributed by atoms with E-state index < -0.39 is 0 Å². The zero-order valence-corrected chi connectivity index (χ0v) is 24.1. The minimum Gasteiger partial charge on any atom is -0.320 e. The Morgan fingerprint density at radius 1 is 0.825 bits per heavy atom. The van der Waals surface area contributed by atoms with Crippen molar-refractivity contribution < 1.29 is 9.59 Å². The van der Waals surface area contributed by atoms with E-state index >= 15 is 0 Å². The summed E-state index contributed by atoms with van der Waals surface area (Å²) in [4.78, 5) is 26.2. The summed E-state index contributed by atoms with van der Waals surface area (Å²) in [7, 11) is 0. The molecule has 0 saturated carbocycles. The summed E-state index contributed by atoms with van der Waals surface area (Å²) in [5, 5.41) is 29.3. The summed E-state index contributed by atoms with van der Waals surface area (Å²) in [6, 6.07) is 12.3. The second-order valence-corrected chi connectivity index (χ2v) is 12.3. The van der Waals surface area contributed by atoms with E-state index in [1.54, 1.807) is 0 Å². The molecule has 0 spiro atoms. The Kier molecular flexibility index (Phi) is 7.79. The minimum atomic E-state index is -0.262. The number of Topliss-reactive ketones (excluding diaryl/α,β-unsaturated/α-hetero) is 1. The van der Waals surface area contributed by atoms with Crippen molar-refractivity contribution in [1.82, 2.24) is 31.0 Å². The van der Waals surface area contributed by atoms with Gasteiger partial charge in [0, 0.05) is 12.1 Å². The molecule has 2 atom stereocenters. The molecule has 1 amide bonds. The van der Waals surface area contributed by atoms with Gasteiger partial charge in [-0.25, -0.2) is 0 Å². The smallest absolute Gasteiger partial charge is 0.286 e. The maximum Gasteiger partial charge on any atom is 0.286 e. The number of hydrogen-bond acceptors (Lipinski definition) is 10. The highest BCUT2D eigenvalue weighted by Crippen LogP contribution is 2.34. The van der Waals surface area contributed by atoms with E-state index in [1.807, 2.05) is 44.2 Å². The predicted octanol–water partition coefficient (Wildman–Crippen LogP) is 5.20. The van der Waals surface area contributed by atoms with Gasteiger partial charge in [-0.1, -0.05) is 53.0 Å². The summed E-state index contributed by atoms with van der Waals surface area (Å²) < 4.78 is 0. The predicted molar refractivity (Wildman–Crippen MR) is 157 cm³/mol. The molecule has 40 heavy (non-hydrogen) atoms. The van der Waals surface area contributed by atoms with Crippen molar-refractivity contribution >= 4 is 40.1 Å². The first-order chi connectivity index (χ1) is 19.5. The van der Waals surface area contributed by atoms with E-state index in [1.165, 1.54) is 22.7 Å². The molecule has 2 fully saturated rings. The molecule has 0 unspecified atom stereocenters. The topological polar surface area (TPSA) is 122 Å². The minimum absolute atomic E-state index is 0.0241. The maximum atomic E-state index is 13.1. The van der Waals surface area contributed by atoms with Gasteiger partial charge in [0.2, 0.25) is 5.01 Å². The van der Waals surface area contributed by atoms with E-state index in [0.29, 0.717) is 10.0 Å². The van der Waals surface area contributed by atoms with Crippen LogP contribution in [-0.2, 0) is 6.42 Å². The van der Waals surface area contributed by atoms with Crippen molar-refractivity contribution in [3.05, 3.63) is 73.1 Å². The quantitative estimate of drug-likeness (QED) is 0.246. The number of ketones is 1. The molecule has 2 saturated heterocycles. The number of benzene rings is 2. The number of carbonyl (C=O) groups excluding carboxylic acids is 2. The average Bonchev–Trinajstić information content (AvgIpc) is 3.77. The van der Waals surface area contributed by atoms with Crippen LogP contribution in [0.1, 0.15) is 84.1 Å². The lowest BCUT2D eigenvalue weighted by molar-refractivity contribution is 0.0989. The van der Waals surface area contributed by atoms with Crippen molar-refractivity contribution in [3.63, 3.8) is 0 Å². The molecule has 9 nitrogen and oxygen atoms in total. The Balaban J connectivity index is 1.19. The third-order valence-electron chi connectivity index (χ3n) is 7.70. The summed E-state index contributed by atoms with van der Waals surface area (Å²) in [6.45, 7) is 5.98. The fraction of sp³-hybridized carbons (Fsp3) is 0.379. The first-order valence-corrected chi connectivity index (χ1v) is 15.3. The van der Waals surface area contributed by atoms with Crippen molar-refractivity contribution in [2.45, 2.75) is 58.0 Å². The van der Waals surface area contributed by atoms with Gasteiger partial charge in [0.1, 0.15) is 10.0 Å². The first kappa shape index (κ1) is 26.8. The van der Waals surface area contributed by atoms with Crippen LogP contribution >= 0.6 is 22.7 Å². The third-order valence-corrected chi connectivity index (χ3v) is 9.81. The molecule has 2 aliphatic rings. The second-order valence-electron chi connectivity index (χ2n) is 10.3. The second kappa shape index (κ2) is 11.6. The molecule has 0 radical (unpaired) electrons. The van der Waals surface area contributed by atoms with E-state index in [4.69, 9.17) is 0 Å². The molecule has 2 aromatic heterocycles. The maximum absolute atomic E-state index is 13.1. The molecule has 206 valence electrons. The first-order valence-electron chi connectivity index (χ1n) is 13.6. The summed E-state index contributed by atoms with van der Waals surface area (Å²) in [6.07, 6.45) is 4.53. The van der Waals surface area contributed by atoms with Crippen LogP contribution < -0.4 is 16.0 Å². The van der Waals surface area contributed by atoms with Crippen LogP contribution in [0.15, 0.2) is 36.4 Å². The van der Waals surface area contributed by atoms with Crippen LogP contribution in [0.5, 0.6) is 0 Å². The number of nitrogens with zero attached hydrogens (tertiary/aromatic N) is 4. The molecule has 2 aromatic carbocycles. The zero-order chi connectivity index (χ0) is 27.6. The molecule has 11 heteroatoms. The zero-order valence-electron chi connectivity index (χ0n) is 22.5. The summed E-state index contributed by atoms with van der Waals surface area (Å²) in [5.41, 5.74) is 5.68. The highest BCUT2D eigenvalue weighted by molar-refractivity contribution is 7.13. The summed E-state index contributed by atoms with van der Waals surface area (Å²) in [5.74, 6) is -0.286. The van der Waals surface area contributed by atoms with Gasteiger partial charge < -0.3 is 16.0 Å². The van der Waals surface area contributed by atoms with Gasteiger partial charge in [-0.3, -0.25) is 9.59 Å². The molecule has 4 aromatic rings. The molecule has 6 rings (SSSR count). The van der Waals surface area contributed by atoms with Crippen molar-refractivity contribution in [2.24, 2.45) is 0 Å². The Morgan fingerprint density at radius 2 is 1.43 bits per heavy atom. The van der Waals surface area contributed by atoms with Gasteiger partial charge in [-0.15, -0.1) is 20.4 Å². The molecule has 2 aliphatic heterocycles. The van der Waals surface area contributed by atoms with Gasteiger partial charge in [-0.05, 0) is 86.5 Å². The van der Waals surface area contributed by atoms with Gasteiger partial charge in [0.05, 0.1) is 12.1 Å². The standard InChI is InChI=1S/C29H31N7O2S2/c1-16-18(15-24(37)28-35-33-26(39-28)22-11-5-13-30-22)7-3-8-19(16)20-9-4-10-21(17(20)2)32-25(38)29-36-34-27(40-29)23-12-6-14-31-23/h3-4,7-10,22-23,30-31H,5-6,11-15H2,1-2H3,(H,32,38)/t22-,23-/m0/s1. The van der Waals surface area contributed by atoms with Crippen LogP contribution in [0, 0.1) is 13.8 Å². The third kappa shape index (κ3) is 5.46. The number of amides is 1. The largest absolute Gasteiger partial charge is 0.320 e. The van der Waals surface area contributed by atoms with E-state index in [0.717, 1.165) is 82.3 Å². The molecule has 0 bridgehead atoms. The van der Waals surface area contributed by atoms with Crippen molar-refractivity contribution in [3.8, 4) is 11.1 Å².